The quantitative estimate of drug-likeness (QED) is 0.747. The fourth-order valence-corrected chi connectivity index (χ4v) is 2.54. The van der Waals surface area contributed by atoms with Crippen LogP contribution in [0, 0.1) is 5.82 Å². The van der Waals surface area contributed by atoms with E-state index < -0.39 is 17.8 Å². The zero-order valence-electron chi connectivity index (χ0n) is 11.4. The van der Waals surface area contributed by atoms with E-state index in [0.717, 1.165) is 0 Å². The van der Waals surface area contributed by atoms with Crippen molar-refractivity contribution in [1.82, 2.24) is 0 Å². The van der Waals surface area contributed by atoms with Crippen LogP contribution in [0.25, 0.3) is 0 Å². The Morgan fingerprint density at radius 3 is 2.64 bits per heavy atom. The minimum atomic E-state index is -0.796. The molecule has 0 fully saturated rings. The molecule has 1 atom stereocenters. The van der Waals surface area contributed by atoms with Crippen LogP contribution in [-0.2, 0) is 4.79 Å². The van der Waals surface area contributed by atoms with E-state index in [1.54, 1.807) is 19.1 Å². The fourth-order valence-electron chi connectivity index (χ4n) is 1.64. The number of carbonyl (C=O) groups is 1. The minimum absolute atomic E-state index is 0.315. The highest BCUT2D eigenvalue weighted by Gasteiger charge is 2.17. The summed E-state index contributed by atoms with van der Waals surface area (Å²) in [7, 11) is 0. The van der Waals surface area contributed by atoms with Crippen molar-refractivity contribution in [3.05, 3.63) is 56.7 Å². The molecule has 1 unspecified atom stereocenters. The van der Waals surface area contributed by atoms with E-state index in [4.69, 9.17) is 27.9 Å². The smallest absolute Gasteiger partial charge is 0.265 e. The molecule has 0 aliphatic carbocycles. The Hall–Kier alpha value is -1.30. The number of rotatable bonds is 4. The summed E-state index contributed by atoms with van der Waals surface area (Å²) in [5, 5.41) is 3.43. The molecular weight excluding hydrogens is 396 g/mol. The number of nitrogens with one attached hydrogen (secondary N) is 1. The van der Waals surface area contributed by atoms with E-state index in [2.05, 4.69) is 21.2 Å². The average Bonchev–Trinajstić information content (AvgIpc) is 2.44. The molecular formula is C15H11BrCl2FNO2. The molecule has 2 aromatic carbocycles. The van der Waals surface area contributed by atoms with Gasteiger partial charge in [-0.3, -0.25) is 4.79 Å². The lowest BCUT2D eigenvalue weighted by molar-refractivity contribution is -0.122. The van der Waals surface area contributed by atoms with Gasteiger partial charge in [0.1, 0.15) is 11.6 Å². The molecule has 22 heavy (non-hydrogen) atoms. The van der Waals surface area contributed by atoms with Crippen molar-refractivity contribution in [1.29, 1.82) is 0 Å². The molecule has 0 spiro atoms. The summed E-state index contributed by atoms with van der Waals surface area (Å²) in [6.07, 6.45) is -0.796. The third kappa shape index (κ3) is 4.35. The van der Waals surface area contributed by atoms with Crippen molar-refractivity contribution in [3.63, 3.8) is 0 Å². The van der Waals surface area contributed by atoms with Crippen LogP contribution in [0.5, 0.6) is 5.75 Å². The molecule has 0 radical (unpaired) electrons. The highest BCUT2D eigenvalue weighted by Crippen LogP contribution is 2.29. The fraction of sp³-hybridized carbons (Fsp3) is 0.133. The molecule has 1 amide bonds. The van der Waals surface area contributed by atoms with Gasteiger partial charge in [0.2, 0.25) is 0 Å². The second kappa shape index (κ2) is 7.31. The zero-order valence-corrected chi connectivity index (χ0v) is 14.5. The van der Waals surface area contributed by atoms with Crippen LogP contribution in [0.1, 0.15) is 6.92 Å². The lowest BCUT2D eigenvalue weighted by atomic mass is 10.3. The van der Waals surface area contributed by atoms with Crippen molar-refractivity contribution in [2.75, 3.05) is 5.32 Å². The number of ether oxygens (including phenoxy) is 1. The number of benzene rings is 2. The van der Waals surface area contributed by atoms with Crippen LogP contribution in [0.4, 0.5) is 10.1 Å². The summed E-state index contributed by atoms with van der Waals surface area (Å²) in [6, 6.07) is 8.70. The number of anilines is 1. The van der Waals surface area contributed by atoms with Crippen molar-refractivity contribution >= 4 is 50.7 Å². The summed E-state index contributed by atoms with van der Waals surface area (Å²) in [5.74, 6) is -0.438. The normalized spacial score (nSPS) is 11.9. The van der Waals surface area contributed by atoms with Crippen LogP contribution in [0.15, 0.2) is 40.9 Å². The molecule has 0 aliphatic rings. The van der Waals surface area contributed by atoms with Gasteiger partial charge in [0.15, 0.2) is 6.10 Å². The highest BCUT2D eigenvalue weighted by atomic mass is 79.9. The Bertz CT molecular complexity index is 712. The predicted molar refractivity (Wildman–Crippen MR) is 89.3 cm³/mol. The van der Waals surface area contributed by atoms with Gasteiger partial charge in [0.05, 0.1) is 10.7 Å². The van der Waals surface area contributed by atoms with Crippen LogP contribution in [-0.4, -0.2) is 12.0 Å². The van der Waals surface area contributed by atoms with E-state index in [1.165, 1.54) is 24.3 Å². The maximum Gasteiger partial charge on any atom is 0.265 e. The molecule has 2 rings (SSSR count). The van der Waals surface area contributed by atoms with Gasteiger partial charge in [-0.15, -0.1) is 0 Å². The first-order valence-electron chi connectivity index (χ1n) is 6.24. The van der Waals surface area contributed by atoms with Gasteiger partial charge in [0.25, 0.3) is 5.91 Å². The molecule has 0 bridgehead atoms. The third-order valence-electron chi connectivity index (χ3n) is 2.76. The molecule has 116 valence electrons. The summed E-state index contributed by atoms with van der Waals surface area (Å²) in [5.41, 5.74) is 0.448. The SMILES string of the molecule is CC(Oc1ccc(Cl)cc1Cl)C(=O)Nc1ccc(F)cc1Br. The Morgan fingerprint density at radius 2 is 2.00 bits per heavy atom. The summed E-state index contributed by atoms with van der Waals surface area (Å²) >= 11 is 15.0. The second-order valence-corrected chi connectivity index (χ2v) is 6.15. The van der Waals surface area contributed by atoms with Crippen LogP contribution in [0.3, 0.4) is 0 Å². The lowest BCUT2D eigenvalue weighted by Crippen LogP contribution is -2.30. The first-order chi connectivity index (χ1) is 10.4. The van der Waals surface area contributed by atoms with E-state index in [-0.39, 0.29) is 0 Å². The van der Waals surface area contributed by atoms with Crippen molar-refractivity contribution in [3.8, 4) is 5.75 Å². The van der Waals surface area contributed by atoms with Crippen LogP contribution < -0.4 is 10.1 Å². The maximum absolute atomic E-state index is 13.0. The standard InChI is InChI=1S/C15H11BrCl2FNO2/c1-8(22-14-5-2-9(17)6-12(14)18)15(21)20-13-4-3-10(19)7-11(13)16/h2-8H,1H3,(H,20,21). The monoisotopic (exact) mass is 405 g/mol. The molecule has 7 heteroatoms. The van der Waals surface area contributed by atoms with Crippen LogP contribution >= 0.6 is 39.1 Å². The Balaban J connectivity index is 2.05. The number of hydrogen-bond acceptors (Lipinski definition) is 2. The minimum Gasteiger partial charge on any atom is -0.479 e. The molecule has 0 heterocycles. The summed E-state index contributed by atoms with van der Waals surface area (Å²) in [6.45, 7) is 1.58. The number of carbonyl (C=O) groups excluding carboxylic acids is 1. The van der Waals surface area contributed by atoms with E-state index in [0.29, 0.717) is 26.0 Å². The van der Waals surface area contributed by atoms with Gasteiger partial charge in [-0.2, -0.15) is 0 Å². The summed E-state index contributed by atoms with van der Waals surface area (Å²) in [4.78, 5) is 12.1. The molecule has 2 aromatic rings. The molecule has 1 N–H and O–H groups in total. The number of hydrogen-bond donors (Lipinski definition) is 1. The number of amides is 1. The second-order valence-electron chi connectivity index (χ2n) is 4.45. The predicted octanol–water partition coefficient (Wildman–Crippen LogP) is 5.30. The molecule has 0 aromatic heterocycles. The topological polar surface area (TPSA) is 38.3 Å². The third-order valence-corrected chi connectivity index (χ3v) is 3.94. The van der Waals surface area contributed by atoms with E-state index >= 15 is 0 Å². The van der Waals surface area contributed by atoms with E-state index in [9.17, 15) is 9.18 Å². The molecule has 0 saturated heterocycles. The lowest BCUT2D eigenvalue weighted by Gasteiger charge is -2.16. The Kier molecular flexibility index (Phi) is 5.67. The van der Waals surface area contributed by atoms with Gasteiger partial charge in [-0.25, -0.2) is 4.39 Å². The molecule has 3 nitrogen and oxygen atoms in total. The van der Waals surface area contributed by atoms with Gasteiger partial charge in [0, 0.05) is 9.50 Å². The zero-order chi connectivity index (χ0) is 16.3. The van der Waals surface area contributed by atoms with Crippen molar-refractivity contribution < 1.29 is 13.9 Å². The number of halogens is 4. The first-order valence-corrected chi connectivity index (χ1v) is 7.79. The Morgan fingerprint density at radius 1 is 1.27 bits per heavy atom. The highest BCUT2D eigenvalue weighted by molar-refractivity contribution is 9.10. The maximum atomic E-state index is 13.0. The van der Waals surface area contributed by atoms with E-state index in [1.807, 2.05) is 0 Å². The van der Waals surface area contributed by atoms with Gasteiger partial charge in [-0.1, -0.05) is 23.2 Å². The summed E-state index contributed by atoms with van der Waals surface area (Å²) < 4.78 is 19.0. The van der Waals surface area contributed by atoms with Gasteiger partial charge < -0.3 is 10.1 Å². The Labute approximate surface area is 145 Å². The molecule has 0 saturated carbocycles. The van der Waals surface area contributed by atoms with Gasteiger partial charge in [-0.05, 0) is 59.3 Å². The van der Waals surface area contributed by atoms with Crippen molar-refractivity contribution in [2.45, 2.75) is 13.0 Å². The average molecular weight is 407 g/mol. The van der Waals surface area contributed by atoms with Crippen molar-refractivity contribution in [2.24, 2.45) is 0 Å². The van der Waals surface area contributed by atoms with Gasteiger partial charge >= 0.3 is 0 Å². The molecule has 0 aliphatic heterocycles. The first kappa shape index (κ1) is 17.1. The largest absolute Gasteiger partial charge is 0.479 e. The van der Waals surface area contributed by atoms with Crippen LogP contribution in [0.2, 0.25) is 10.0 Å².